The van der Waals surface area contributed by atoms with Gasteiger partial charge in [-0.2, -0.15) is 0 Å². The largest absolute Gasteiger partial charge is 0.454 e. The molecule has 1 fully saturated rings. The third-order valence-electron chi connectivity index (χ3n) is 4.38. The van der Waals surface area contributed by atoms with Gasteiger partial charge in [-0.1, -0.05) is 12.1 Å². The molecule has 1 saturated heterocycles. The molecular formula is C20H28N2O5. The number of benzene rings is 1. The average Bonchev–Trinajstić information content (AvgIpc) is 3.05. The molecule has 0 unspecified atom stereocenters. The van der Waals surface area contributed by atoms with E-state index in [4.69, 9.17) is 9.47 Å². The molecule has 1 aliphatic heterocycles. The van der Waals surface area contributed by atoms with Crippen LogP contribution in [0.4, 0.5) is 10.5 Å². The van der Waals surface area contributed by atoms with Crippen molar-refractivity contribution in [1.29, 1.82) is 0 Å². The molecule has 1 heterocycles. The van der Waals surface area contributed by atoms with Crippen LogP contribution >= 0.6 is 0 Å². The number of likely N-dealkylation sites (tertiary alicyclic amines) is 1. The van der Waals surface area contributed by atoms with Gasteiger partial charge < -0.3 is 14.8 Å². The number of ether oxygens (including phenoxy) is 2. The lowest BCUT2D eigenvalue weighted by atomic mass is 10.1. The maximum Gasteiger partial charge on any atom is 0.411 e. The Hall–Kier alpha value is -2.57. The minimum atomic E-state index is -0.714. The van der Waals surface area contributed by atoms with Gasteiger partial charge in [0.25, 0.3) is 5.91 Å². The highest BCUT2D eigenvalue weighted by atomic mass is 16.6. The maximum atomic E-state index is 12.4. The molecule has 0 bridgehead atoms. The molecule has 1 aromatic rings. The highest BCUT2D eigenvalue weighted by Crippen LogP contribution is 2.22. The lowest BCUT2D eigenvalue weighted by Gasteiger charge is -2.27. The first-order valence-corrected chi connectivity index (χ1v) is 9.11. The first-order chi connectivity index (χ1) is 12.6. The summed E-state index contributed by atoms with van der Waals surface area (Å²) in [6, 6.07) is 4.88. The molecule has 0 aliphatic carbocycles. The summed E-state index contributed by atoms with van der Waals surface area (Å²) in [7, 11) is 0. The molecule has 7 heteroatoms. The van der Waals surface area contributed by atoms with Crippen LogP contribution in [0.1, 0.15) is 44.7 Å². The number of rotatable bonds is 4. The summed E-state index contributed by atoms with van der Waals surface area (Å²) in [6.07, 6.45) is 0.645. The molecule has 1 aliphatic rings. The summed E-state index contributed by atoms with van der Waals surface area (Å²) in [5, 5.41) is 2.74. The van der Waals surface area contributed by atoms with Crippen molar-refractivity contribution in [1.82, 2.24) is 4.90 Å². The van der Waals surface area contributed by atoms with Crippen molar-refractivity contribution in [3.63, 3.8) is 0 Å². The number of aryl methyl sites for hydroxylation is 1. The number of nitrogens with zero attached hydrogens (tertiary/aromatic N) is 1. The normalized spacial score (nSPS) is 16.8. The van der Waals surface area contributed by atoms with E-state index < -0.39 is 36.2 Å². The number of hydrogen-bond acceptors (Lipinski definition) is 5. The van der Waals surface area contributed by atoms with E-state index in [1.165, 1.54) is 4.90 Å². The quantitative estimate of drug-likeness (QED) is 0.816. The molecule has 2 amide bonds. The minimum absolute atomic E-state index is 0.398. The van der Waals surface area contributed by atoms with Gasteiger partial charge in [0.05, 0.1) is 0 Å². The van der Waals surface area contributed by atoms with Crippen molar-refractivity contribution >= 4 is 23.7 Å². The third-order valence-corrected chi connectivity index (χ3v) is 4.38. The van der Waals surface area contributed by atoms with Gasteiger partial charge in [-0.3, -0.25) is 9.69 Å². The molecule has 148 valence electrons. The van der Waals surface area contributed by atoms with Crippen molar-refractivity contribution in [2.75, 3.05) is 18.5 Å². The summed E-state index contributed by atoms with van der Waals surface area (Å²) in [6.45, 7) is 9.21. The molecule has 0 spiro atoms. The molecular weight excluding hydrogens is 348 g/mol. The van der Waals surface area contributed by atoms with Crippen LogP contribution in [-0.2, 0) is 19.1 Å². The Balaban J connectivity index is 1.89. The van der Waals surface area contributed by atoms with E-state index >= 15 is 0 Å². The first kappa shape index (κ1) is 20.7. The van der Waals surface area contributed by atoms with Crippen molar-refractivity contribution < 1.29 is 23.9 Å². The third kappa shape index (κ3) is 5.70. The fourth-order valence-corrected chi connectivity index (χ4v) is 2.86. The molecule has 0 saturated carbocycles. The number of hydrogen-bond donors (Lipinski definition) is 1. The number of carbonyl (C=O) groups is 3. The lowest BCUT2D eigenvalue weighted by molar-refractivity contribution is -0.151. The zero-order valence-electron chi connectivity index (χ0n) is 16.6. The van der Waals surface area contributed by atoms with Gasteiger partial charge in [0.2, 0.25) is 0 Å². The van der Waals surface area contributed by atoms with Crippen molar-refractivity contribution in [3.8, 4) is 0 Å². The molecule has 2 rings (SSSR count). The van der Waals surface area contributed by atoms with Crippen molar-refractivity contribution in [3.05, 3.63) is 29.3 Å². The number of nitrogens with one attached hydrogen (secondary N) is 1. The van der Waals surface area contributed by atoms with Gasteiger partial charge in [0.15, 0.2) is 6.61 Å². The van der Waals surface area contributed by atoms with E-state index in [9.17, 15) is 14.4 Å². The number of amides is 2. The highest BCUT2D eigenvalue weighted by Gasteiger charge is 2.37. The van der Waals surface area contributed by atoms with E-state index in [2.05, 4.69) is 5.32 Å². The molecule has 1 N–H and O–H groups in total. The van der Waals surface area contributed by atoms with Gasteiger partial charge in [0.1, 0.15) is 11.6 Å². The topological polar surface area (TPSA) is 84.9 Å². The zero-order chi connectivity index (χ0) is 20.2. The van der Waals surface area contributed by atoms with E-state index in [1.807, 2.05) is 26.0 Å². The monoisotopic (exact) mass is 376 g/mol. The van der Waals surface area contributed by atoms with Crippen LogP contribution < -0.4 is 5.32 Å². The number of carbonyl (C=O) groups excluding carboxylic acids is 3. The Kier molecular flexibility index (Phi) is 6.46. The van der Waals surface area contributed by atoms with Crippen LogP contribution in [0.15, 0.2) is 18.2 Å². The lowest BCUT2D eigenvalue weighted by Crippen LogP contribution is -2.44. The van der Waals surface area contributed by atoms with Gasteiger partial charge >= 0.3 is 12.1 Å². The van der Waals surface area contributed by atoms with E-state index in [0.29, 0.717) is 25.1 Å². The summed E-state index contributed by atoms with van der Waals surface area (Å²) in [4.78, 5) is 38.1. The van der Waals surface area contributed by atoms with Crippen molar-refractivity contribution in [2.24, 2.45) is 0 Å². The first-order valence-electron chi connectivity index (χ1n) is 9.11. The van der Waals surface area contributed by atoms with Gasteiger partial charge in [-0.25, -0.2) is 9.59 Å². The van der Waals surface area contributed by atoms with Gasteiger partial charge in [-0.15, -0.1) is 0 Å². The summed E-state index contributed by atoms with van der Waals surface area (Å²) in [5.41, 5.74) is 2.07. The Labute approximate surface area is 160 Å². The zero-order valence-corrected chi connectivity index (χ0v) is 16.6. The Morgan fingerprint density at radius 3 is 2.59 bits per heavy atom. The Bertz CT molecular complexity index is 724. The maximum absolute atomic E-state index is 12.4. The summed E-state index contributed by atoms with van der Waals surface area (Å²) in [5.74, 6) is -1.01. The van der Waals surface area contributed by atoms with Crippen LogP contribution in [-0.4, -0.2) is 47.7 Å². The van der Waals surface area contributed by atoms with Crippen LogP contribution in [0.25, 0.3) is 0 Å². The molecule has 0 radical (unpaired) electrons. The molecule has 7 nitrogen and oxygen atoms in total. The standard InChI is InChI=1S/C20H28N2O5/c1-13-8-6-9-15(14(13)2)21-17(23)12-26-18(24)16-10-7-11-22(16)19(25)27-20(3,4)5/h6,8-9,16H,7,10-12H2,1-5H3,(H,21,23)/t16-/m0/s1. The fraction of sp³-hybridized carbons (Fsp3) is 0.550. The van der Waals surface area contributed by atoms with Gasteiger partial charge in [-0.05, 0) is 64.7 Å². The second-order valence-electron chi connectivity index (χ2n) is 7.74. The Morgan fingerprint density at radius 2 is 1.93 bits per heavy atom. The molecule has 1 aromatic carbocycles. The van der Waals surface area contributed by atoms with Crippen LogP contribution in [0.5, 0.6) is 0 Å². The van der Waals surface area contributed by atoms with Crippen LogP contribution in [0, 0.1) is 13.8 Å². The molecule has 1 atom stereocenters. The average molecular weight is 376 g/mol. The fourth-order valence-electron chi connectivity index (χ4n) is 2.86. The van der Waals surface area contributed by atoms with E-state index in [1.54, 1.807) is 26.8 Å². The summed E-state index contributed by atoms with van der Waals surface area (Å²) >= 11 is 0. The number of esters is 1. The summed E-state index contributed by atoms with van der Waals surface area (Å²) < 4.78 is 10.5. The Morgan fingerprint density at radius 1 is 1.22 bits per heavy atom. The van der Waals surface area contributed by atoms with Crippen LogP contribution in [0.2, 0.25) is 0 Å². The molecule has 27 heavy (non-hydrogen) atoms. The SMILES string of the molecule is Cc1cccc(NC(=O)COC(=O)[C@@H]2CCCN2C(=O)OC(C)(C)C)c1C. The van der Waals surface area contributed by atoms with Gasteiger partial charge in [0, 0.05) is 12.2 Å². The van der Waals surface area contributed by atoms with E-state index in [-0.39, 0.29) is 0 Å². The van der Waals surface area contributed by atoms with Crippen molar-refractivity contribution in [2.45, 2.75) is 59.1 Å². The second-order valence-corrected chi connectivity index (χ2v) is 7.74. The second kappa shape index (κ2) is 8.41. The van der Waals surface area contributed by atoms with Crippen LogP contribution in [0.3, 0.4) is 0 Å². The highest BCUT2D eigenvalue weighted by molar-refractivity contribution is 5.94. The smallest absolute Gasteiger partial charge is 0.411 e. The predicted molar refractivity (Wildman–Crippen MR) is 101 cm³/mol. The van der Waals surface area contributed by atoms with E-state index in [0.717, 1.165) is 11.1 Å². The molecule has 0 aromatic heterocycles. The minimum Gasteiger partial charge on any atom is -0.454 e. The number of anilines is 1. The predicted octanol–water partition coefficient (Wildman–Crippen LogP) is 3.18.